The van der Waals surface area contributed by atoms with Crippen molar-refractivity contribution in [3.8, 4) is 22.6 Å². The van der Waals surface area contributed by atoms with E-state index in [2.05, 4.69) is 11.9 Å². The van der Waals surface area contributed by atoms with Gasteiger partial charge in [-0.05, 0) is 68.1 Å². The predicted octanol–water partition coefficient (Wildman–Crippen LogP) is 3.47. The molecule has 3 atom stereocenters. The number of rotatable bonds is 8. The lowest BCUT2D eigenvalue weighted by Gasteiger charge is -2.37. The Morgan fingerprint density at radius 1 is 1.18 bits per heavy atom. The maximum absolute atomic E-state index is 13.7. The van der Waals surface area contributed by atoms with E-state index in [1.807, 2.05) is 37.3 Å². The van der Waals surface area contributed by atoms with E-state index in [0.29, 0.717) is 18.8 Å². The SMILES string of the molecule is COc1cccc(-c2ccc3c(c2)O[C@@H](CN(C)CC2CC2)[C@@H](C)CN([C@H](C)CO)S3(=O)=O)c1. The Labute approximate surface area is 203 Å². The molecule has 1 aliphatic carbocycles. The molecule has 186 valence electrons. The van der Waals surface area contributed by atoms with Gasteiger partial charge in [0.15, 0.2) is 0 Å². The van der Waals surface area contributed by atoms with Gasteiger partial charge in [-0.15, -0.1) is 0 Å². The van der Waals surface area contributed by atoms with Crippen LogP contribution in [0.3, 0.4) is 0 Å². The van der Waals surface area contributed by atoms with E-state index in [1.54, 1.807) is 26.2 Å². The van der Waals surface area contributed by atoms with Crippen LogP contribution in [0.4, 0.5) is 0 Å². The van der Waals surface area contributed by atoms with E-state index < -0.39 is 16.1 Å². The largest absolute Gasteiger partial charge is 0.497 e. The van der Waals surface area contributed by atoms with Crippen molar-refractivity contribution in [2.75, 3.05) is 40.4 Å². The van der Waals surface area contributed by atoms with Crippen molar-refractivity contribution in [3.63, 3.8) is 0 Å². The van der Waals surface area contributed by atoms with Crippen LogP contribution in [0.25, 0.3) is 11.1 Å². The summed E-state index contributed by atoms with van der Waals surface area (Å²) < 4.78 is 40.6. The zero-order chi connectivity index (χ0) is 24.5. The summed E-state index contributed by atoms with van der Waals surface area (Å²) in [6, 6.07) is 12.4. The smallest absolute Gasteiger partial charge is 0.247 e. The molecule has 0 aromatic heterocycles. The molecule has 1 heterocycles. The molecule has 2 aromatic carbocycles. The van der Waals surface area contributed by atoms with E-state index in [9.17, 15) is 13.5 Å². The third-order valence-corrected chi connectivity index (χ3v) is 8.85. The first kappa shape index (κ1) is 25.0. The Bertz CT molecular complexity index is 1100. The minimum Gasteiger partial charge on any atom is -0.497 e. The lowest BCUT2D eigenvalue weighted by atomic mass is 10.0. The Hall–Kier alpha value is -2.13. The first-order valence-corrected chi connectivity index (χ1v) is 13.4. The van der Waals surface area contributed by atoms with Crippen LogP contribution in [-0.4, -0.2) is 75.3 Å². The van der Waals surface area contributed by atoms with Crippen molar-refractivity contribution < 1.29 is 23.0 Å². The van der Waals surface area contributed by atoms with Crippen LogP contribution in [-0.2, 0) is 10.0 Å². The van der Waals surface area contributed by atoms with Gasteiger partial charge in [0.05, 0.1) is 13.7 Å². The molecular weight excluding hydrogens is 452 g/mol. The number of hydrogen-bond acceptors (Lipinski definition) is 6. The molecule has 1 fully saturated rings. The standard InChI is InChI=1S/C26H36N2O5S/c1-18-14-28(19(2)17-29)34(30,31)26-11-10-22(21-6-5-7-23(12-21)32-4)13-24(26)33-25(18)16-27(3)15-20-8-9-20/h5-7,10-13,18-20,25,29H,8-9,14-17H2,1-4H3/t18-,19+,25-/m0/s1. The van der Waals surface area contributed by atoms with Crippen molar-refractivity contribution in [1.82, 2.24) is 9.21 Å². The number of aliphatic hydroxyl groups is 1. The van der Waals surface area contributed by atoms with Gasteiger partial charge in [0.25, 0.3) is 0 Å². The summed E-state index contributed by atoms with van der Waals surface area (Å²) in [4.78, 5) is 2.43. The minimum absolute atomic E-state index is 0.0564. The highest BCUT2D eigenvalue weighted by Gasteiger charge is 2.38. The van der Waals surface area contributed by atoms with E-state index in [1.165, 1.54) is 17.1 Å². The second-order valence-corrected chi connectivity index (χ2v) is 11.7. The van der Waals surface area contributed by atoms with Gasteiger partial charge in [-0.1, -0.05) is 25.1 Å². The van der Waals surface area contributed by atoms with Crippen LogP contribution < -0.4 is 9.47 Å². The predicted molar refractivity (Wildman–Crippen MR) is 133 cm³/mol. The Kier molecular flexibility index (Phi) is 7.52. The molecule has 0 unspecified atom stereocenters. The molecule has 7 nitrogen and oxygen atoms in total. The van der Waals surface area contributed by atoms with E-state index in [4.69, 9.17) is 9.47 Å². The molecule has 0 bridgehead atoms. The third-order valence-electron chi connectivity index (χ3n) is 6.83. The summed E-state index contributed by atoms with van der Waals surface area (Å²) in [6.45, 7) is 5.56. The highest BCUT2D eigenvalue weighted by Crippen LogP contribution is 2.37. The summed E-state index contributed by atoms with van der Waals surface area (Å²) in [5, 5.41) is 9.82. The molecule has 2 aromatic rings. The molecule has 0 saturated heterocycles. The average Bonchev–Trinajstić information content (AvgIpc) is 3.64. The third kappa shape index (κ3) is 5.40. The molecule has 8 heteroatoms. The monoisotopic (exact) mass is 488 g/mol. The second-order valence-electron chi connectivity index (χ2n) is 9.80. The maximum atomic E-state index is 13.7. The minimum atomic E-state index is -3.85. The lowest BCUT2D eigenvalue weighted by Crippen LogP contribution is -2.49. The fourth-order valence-corrected chi connectivity index (χ4v) is 6.37. The van der Waals surface area contributed by atoms with Crippen LogP contribution >= 0.6 is 0 Å². The number of nitrogens with zero attached hydrogens (tertiary/aromatic N) is 2. The Balaban J connectivity index is 1.75. The van der Waals surface area contributed by atoms with Crippen LogP contribution in [0.5, 0.6) is 11.5 Å². The summed E-state index contributed by atoms with van der Waals surface area (Å²) in [5.74, 6) is 1.78. The van der Waals surface area contributed by atoms with E-state index in [-0.39, 0.29) is 23.5 Å². The fraction of sp³-hybridized carbons (Fsp3) is 0.538. The van der Waals surface area contributed by atoms with Gasteiger partial charge in [0.1, 0.15) is 22.5 Å². The highest BCUT2D eigenvalue weighted by atomic mass is 32.2. The van der Waals surface area contributed by atoms with Crippen LogP contribution in [0.1, 0.15) is 26.7 Å². The number of benzene rings is 2. The Morgan fingerprint density at radius 2 is 1.91 bits per heavy atom. The van der Waals surface area contributed by atoms with Crippen LogP contribution in [0.2, 0.25) is 0 Å². The molecule has 0 spiro atoms. The van der Waals surface area contributed by atoms with Gasteiger partial charge in [0, 0.05) is 31.6 Å². The molecular formula is C26H36N2O5S. The molecule has 1 aliphatic heterocycles. The van der Waals surface area contributed by atoms with Gasteiger partial charge >= 0.3 is 0 Å². The molecule has 0 radical (unpaired) electrons. The quantitative estimate of drug-likeness (QED) is 0.613. The zero-order valence-corrected chi connectivity index (χ0v) is 21.3. The molecule has 1 saturated carbocycles. The van der Waals surface area contributed by atoms with Gasteiger partial charge in [-0.3, -0.25) is 0 Å². The summed E-state index contributed by atoms with van der Waals surface area (Å²) in [7, 11) is -0.125. The molecule has 2 aliphatic rings. The number of likely N-dealkylation sites (N-methyl/N-ethyl adjacent to an activating group) is 1. The summed E-state index contributed by atoms with van der Waals surface area (Å²) >= 11 is 0. The first-order valence-electron chi connectivity index (χ1n) is 12.0. The van der Waals surface area contributed by atoms with E-state index in [0.717, 1.165) is 29.3 Å². The number of ether oxygens (including phenoxy) is 2. The zero-order valence-electron chi connectivity index (χ0n) is 20.5. The number of sulfonamides is 1. The maximum Gasteiger partial charge on any atom is 0.247 e. The lowest BCUT2D eigenvalue weighted by molar-refractivity contribution is 0.0741. The van der Waals surface area contributed by atoms with Crippen molar-refractivity contribution in [2.45, 2.75) is 43.7 Å². The van der Waals surface area contributed by atoms with Gasteiger partial charge in [-0.2, -0.15) is 4.31 Å². The fourth-order valence-electron chi connectivity index (χ4n) is 4.55. The van der Waals surface area contributed by atoms with E-state index >= 15 is 0 Å². The van der Waals surface area contributed by atoms with Gasteiger partial charge in [-0.25, -0.2) is 8.42 Å². The van der Waals surface area contributed by atoms with Gasteiger partial charge < -0.3 is 19.5 Å². The van der Waals surface area contributed by atoms with Crippen molar-refractivity contribution in [2.24, 2.45) is 11.8 Å². The summed E-state index contributed by atoms with van der Waals surface area (Å²) in [6.07, 6.45) is 2.36. The molecule has 1 N–H and O–H groups in total. The van der Waals surface area contributed by atoms with Crippen molar-refractivity contribution >= 4 is 10.0 Å². The normalized spacial score (nSPS) is 23.5. The van der Waals surface area contributed by atoms with Crippen LogP contribution in [0, 0.1) is 11.8 Å². The number of fused-ring (bicyclic) bond motifs is 1. The Morgan fingerprint density at radius 3 is 2.59 bits per heavy atom. The first-order chi connectivity index (χ1) is 16.2. The van der Waals surface area contributed by atoms with Crippen molar-refractivity contribution in [1.29, 1.82) is 0 Å². The summed E-state index contributed by atoms with van der Waals surface area (Å²) in [5.41, 5.74) is 1.77. The number of aliphatic hydroxyl groups excluding tert-OH is 1. The highest BCUT2D eigenvalue weighted by molar-refractivity contribution is 7.89. The molecule has 4 rings (SSSR count). The van der Waals surface area contributed by atoms with Crippen molar-refractivity contribution in [3.05, 3.63) is 42.5 Å². The topological polar surface area (TPSA) is 79.3 Å². The second kappa shape index (κ2) is 10.2. The number of methoxy groups -OCH3 is 1. The average molecular weight is 489 g/mol. The molecule has 34 heavy (non-hydrogen) atoms. The van der Waals surface area contributed by atoms with Crippen LogP contribution in [0.15, 0.2) is 47.4 Å². The molecule has 0 amide bonds. The number of hydrogen-bond donors (Lipinski definition) is 1. The van der Waals surface area contributed by atoms with Gasteiger partial charge in [0.2, 0.25) is 10.0 Å².